The fraction of sp³-hybridized carbons (Fsp3) is 0.0667. The molecular weight excluding hydrogens is 359 g/mol. The molecule has 3 rings (SSSR count). The van der Waals surface area contributed by atoms with Crippen LogP contribution in [0.15, 0.2) is 40.9 Å². The highest BCUT2D eigenvalue weighted by atomic mass is 79.9. The van der Waals surface area contributed by atoms with Crippen LogP contribution >= 0.6 is 39.1 Å². The van der Waals surface area contributed by atoms with Crippen LogP contribution in [-0.2, 0) is 0 Å². The van der Waals surface area contributed by atoms with Gasteiger partial charge >= 0.3 is 0 Å². The van der Waals surface area contributed by atoms with Gasteiger partial charge in [-0.2, -0.15) is 0 Å². The van der Waals surface area contributed by atoms with Gasteiger partial charge in [0, 0.05) is 20.4 Å². The van der Waals surface area contributed by atoms with Gasteiger partial charge in [0.05, 0.1) is 5.52 Å². The zero-order valence-electron chi connectivity index (χ0n) is 10.5. The van der Waals surface area contributed by atoms with Crippen LogP contribution in [0.25, 0.3) is 22.3 Å². The largest absolute Gasteiger partial charge is 0.228 e. The average Bonchev–Trinajstić information content (AvgIpc) is 2.41. The van der Waals surface area contributed by atoms with Crippen molar-refractivity contribution in [2.24, 2.45) is 0 Å². The Kier molecular flexibility index (Phi) is 3.67. The van der Waals surface area contributed by atoms with Gasteiger partial charge in [-0.15, -0.1) is 0 Å². The number of aromatic nitrogens is 2. The highest BCUT2D eigenvalue weighted by molar-refractivity contribution is 9.10. The van der Waals surface area contributed by atoms with Crippen molar-refractivity contribution < 1.29 is 0 Å². The van der Waals surface area contributed by atoms with Crippen molar-refractivity contribution in [1.29, 1.82) is 0 Å². The Morgan fingerprint density at radius 3 is 2.55 bits per heavy atom. The normalized spacial score (nSPS) is 11.0. The third-order valence-corrected chi connectivity index (χ3v) is 4.23. The smallest absolute Gasteiger partial charge is 0.161 e. The molecule has 3 aromatic rings. The first-order valence-corrected chi connectivity index (χ1v) is 7.49. The second-order valence-electron chi connectivity index (χ2n) is 4.46. The lowest BCUT2D eigenvalue weighted by molar-refractivity contribution is 1.22. The molecule has 20 heavy (non-hydrogen) atoms. The summed E-state index contributed by atoms with van der Waals surface area (Å²) in [6.07, 6.45) is 0. The highest BCUT2D eigenvalue weighted by Crippen LogP contribution is 2.28. The molecular formula is C15H9BrCl2N2. The number of hydrogen-bond acceptors (Lipinski definition) is 2. The number of fused-ring (bicyclic) bond motifs is 1. The lowest BCUT2D eigenvalue weighted by atomic mass is 10.1. The Morgan fingerprint density at radius 2 is 1.80 bits per heavy atom. The first-order chi connectivity index (χ1) is 9.54. The molecule has 0 aliphatic rings. The zero-order chi connectivity index (χ0) is 14.3. The van der Waals surface area contributed by atoms with E-state index in [1.165, 1.54) is 0 Å². The molecule has 100 valence electrons. The van der Waals surface area contributed by atoms with E-state index in [1.807, 2.05) is 43.3 Å². The Bertz CT molecular complexity index is 818. The molecule has 0 unspecified atom stereocenters. The van der Waals surface area contributed by atoms with Crippen LogP contribution in [0.2, 0.25) is 10.2 Å². The molecule has 2 aromatic carbocycles. The lowest BCUT2D eigenvalue weighted by Crippen LogP contribution is -1.92. The van der Waals surface area contributed by atoms with Gasteiger partial charge in [-0.3, -0.25) is 0 Å². The summed E-state index contributed by atoms with van der Waals surface area (Å²) < 4.78 is 0.956. The molecule has 0 aliphatic carbocycles. The molecule has 0 saturated carbocycles. The summed E-state index contributed by atoms with van der Waals surface area (Å²) in [5.41, 5.74) is 2.69. The summed E-state index contributed by atoms with van der Waals surface area (Å²) in [6, 6.07) is 11.4. The van der Waals surface area contributed by atoms with E-state index in [-0.39, 0.29) is 0 Å². The monoisotopic (exact) mass is 366 g/mol. The molecule has 0 amide bonds. The van der Waals surface area contributed by atoms with Gasteiger partial charge < -0.3 is 0 Å². The van der Waals surface area contributed by atoms with Crippen LogP contribution in [0.1, 0.15) is 5.56 Å². The van der Waals surface area contributed by atoms with E-state index in [9.17, 15) is 0 Å². The van der Waals surface area contributed by atoms with Crippen molar-refractivity contribution >= 4 is 50.0 Å². The minimum Gasteiger partial charge on any atom is -0.228 e. The molecule has 0 spiro atoms. The van der Waals surface area contributed by atoms with Gasteiger partial charge in [0.2, 0.25) is 0 Å². The fourth-order valence-electron chi connectivity index (χ4n) is 1.98. The Morgan fingerprint density at radius 1 is 1.00 bits per heavy atom. The molecule has 0 bridgehead atoms. The maximum atomic E-state index is 6.24. The summed E-state index contributed by atoms with van der Waals surface area (Å²) in [5.74, 6) is 0.598. The Hall–Kier alpha value is -1.16. The Labute approximate surface area is 134 Å². The number of benzene rings is 2. The minimum absolute atomic E-state index is 0.449. The van der Waals surface area contributed by atoms with E-state index in [4.69, 9.17) is 23.2 Å². The third-order valence-electron chi connectivity index (χ3n) is 3.03. The number of hydrogen-bond donors (Lipinski definition) is 0. The zero-order valence-corrected chi connectivity index (χ0v) is 13.6. The van der Waals surface area contributed by atoms with E-state index in [0.29, 0.717) is 11.0 Å². The van der Waals surface area contributed by atoms with Gasteiger partial charge in [0.1, 0.15) is 5.15 Å². The second-order valence-corrected chi connectivity index (χ2v) is 6.14. The van der Waals surface area contributed by atoms with E-state index < -0.39 is 0 Å². The highest BCUT2D eigenvalue weighted by Gasteiger charge is 2.09. The molecule has 1 aromatic heterocycles. The van der Waals surface area contributed by atoms with Crippen LogP contribution in [0.3, 0.4) is 0 Å². The van der Waals surface area contributed by atoms with Crippen molar-refractivity contribution in [3.63, 3.8) is 0 Å². The third kappa shape index (κ3) is 2.53. The first-order valence-electron chi connectivity index (χ1n) is 5.94. The summed E-state index contributed by atoms with van der Waals surface area (Å²) in [4.78, 5) is 8.94. The van der Waals surface area contributed by atoms with Gasteiger partial charge in [0.25, 0.3) is 0 Å². The molecule has 5 heteroatoms. The van der Waals surface area contributed by atoms with Crippen molar-refractivity contribution in [3.8, 4) is 11.4 Å². The van der Waals surface area contributed by atoms with Gasteiger partial charge in [-0.25, -0.2) is 9.97 Å². The fourth-order valence-corrected chi connectivity index (χ4v) is 2.68. The predicted octanol–water partition coefficient (Wildman–Crippen LogP) is 5.67. The van der Waals surface area contributed by atoms with Crippen molar-refractivity contribution in [3.05, 3.63) is 56.6 Å². The topological polar surface area (TPSA) is 25.8 Å². The second kappa shape index (κ2) is 5.32. The predicted molar refractivity (Wildman–Crippen MR) is 87.4 cm³/mol. The molecule has 2 nitrogen and oxygen atoms in total. The van der Waals surface area contributed by atoms with Gasteiger partial charge in [-0.05, 0) is 48.9 Å². The molecule has 0 atom stereocenters. The maximum absolute atomic E-state index is 6.24. The van der Waals surface area contributed by atoms with E-state index >= 15 is 0 Å². The quantitative estimate of drug-likeness (QED) is 0.517. The number of rotatable bonds is 1. The van der Waals surface area contributed by atoms with Crippen LogP contribution in [0, 0.1) is 6.92 Å². The first kappa shape index (κ1) is 13.8. The standard InChI is InChI=1S/C15H9BrCl2N2/c1-8-6-9(2-5-12(8)17)15-19-13-7-10(16)3-4-11(13)14(18)20-15/h2-7H,1H3. The van der Waals surface area contributed by atoms with Crippen molar-refractivity contribution in [2.45, 2.75) is 6.92 Å². The van der Waals surface area contributed by atoms with Crippen LogP contribution in [-0.4, -0.2) is 9.97 Å². The van der Waals surface area contributed by atoms with Crippen molar-refractivity contribution in [1.82, 2.24) is 9.97 Å². The summed E-state index contributed by atoms with van der Waals surface area (Å²) in [7, 11) is 0. The van der Waals surface area contributed by atoms with Gasteiger partial charge in [0.15, 0.2) is 5.82 Å². The summed E-state index contributed by atoms with van der Waals surface area (Å²) in [5, 5.41) is 2.01. The van der Waals surface area contributed by atoms with Crippen LogP contribution < -0.4 is 0 Å². The Balaban J connectivity index is 2.23. The van der Waals surface area contributed by atoms with Crippen LogP contribution in [0.5, 0.6) is 0 Å². The maximum Gasteiger partial charge on any atom is 0.161 e. The van der Waals surface area contributed by atoms with Gasteiger partial charge in [-0.1, -0.05) is 39.1 Å². The van der Waals surface area contributed by atoms with E-state index in [1.54, 1.807) is 0 Å². The molecule has 0 radical (unpaired) electrons. The number of nitrogens with zero attached hydrogens (tertiary/aromatic N) is 2. The molecule has 1 heterocycles. The van der Waals surface area contributed by atoms with E-state index in [2.05, 4.69) is 25.9 Å². The summed E-state index contributed by atoms with van der Waals surface area (Å²) >= 11 is 15.7. The molecule has 0 aliphatic heterocycles. The number of halogens is 3. The average molecular weight is 368 g/mol. The van der Waals surface area contributed by atoms with E-state index in [0.717, 1.165) is 31.5 Å². The summed E-state index contributed by atoms with van der Waals surface area (Å²) in [6.45, 7) is 1.95. The minimum atomic E-state index is 0.449. The molecule has 0 fully saturated rings. The van der Waals surface area contributed by atoms with Crippen LogP contribution in [0.4, 0.5) is 0 Å². The number of aryl methyl sites for hydroxylation is 1. The molecule has 0 saturated heterocycles. The molecule has 0 N–H and O–H groups in total. The lowest BCUT2D eigenvalue weighted by Gasteiger charge is -2.06. The SMILES string of the molecule is Cc1cc(-c2nc(Cl)c3ccc(Br)cc3n2)ccc1Cl. The van der Waals surface area contributed by atoms with Crippen molar-refractivity contribution in [2.75, 3.05) is 0 Å².